The first-order valence-electron chi connectivity index (χ1n) is 8.99. The largest absolute Gasteiger partial charge is 0.378 e. The number of hydrogen-bond donors (Lipinski definition) is 2. The highest BCUT2D eigenvalue weighted by Gasteiger charge is 2.18. The highest BCUT2D eigenvalue weighted by molar-refractivity contribution is 5.91. The van der Waals surface area contributed by atoms with Gasteiger partial charge in [-0.2, -0.15) is 0 Å². The summed E-state index contributed by atoms with van der Waals surface area (Å²) in [6, 6.07) is 8.72. The maximum absolute atomic E-state index is 14.2. The summed E-state index contributed by atoms with van der Waals surface area (Å²) in [7, 11) is 0. The number of morpholine rings is 1. The van der Waals surface area contributed by atoms with Gasteiger partial charge in [-0.15, -0.1) is 0 Å². The van der Waals surface area contributed by atoms with Gasteiger partial charge in [0.2, 0.25) is 5.91 Å². The molecule has 1 aliphatic rings. The normalized spacial score (nSPS) is 15.6. The van der Waals surface area contributed by atoms with Gasteiger partial charge in [0, 0.05) is 24.7 Å². The second kappa shape index (κ2) is 8.95. The van der Waals surface area contributed by atoms with E-state index in [0.717, 1.165) is 0 Å². The van der Waals surface area contributed by atoms with Crippen molar-refractivity contribution in [1.29, 1.82) is 0 Å². The van der Waals surface area contributed by atoms with Crippen LogP contribution < -0.4 is 10.2 Å². The predicted molar refractivity (Wildman–Crippen MR) is 103 cm³/mol. The van der Waals surface area contributed by atoms with Gasteiger partial charge in [0.25, 0.3) is 0 Å². The molecule has 0 aliphatic carbocycles. The molecule has 0 aromatic heterocycles. The zero-order chi connectivity index (χ0) is 20.1. The van der Waals surface area contributed by atoms with E-state index in [4.69, 9.17) is 4.74 Å². The van der Waals surface area contributed by atoms with Crippen molar-refractivity contribution in [3.63, 3.8) is 0 Å². The number of aliphatic hydroxyl groups is 1. The monoisotopic (exact) mass is 388 g/mol. The highest BCUT2D eigenvalue weighted by atomic mass is 19.1. The molecular formula is C21H22F2N2O3. The fourth-order valence-corrected chi connectivity index (χ4v) is 2.96. The Labute approximate surface area is 162 Å². The molecule has 1 unspecified atom stereocenters. The van der Waals surface area contributed by atoms with E-state index in [1.165, 1.54) is 36.4 Å². The first kappa shape index (κ1) is 20.0. The minimum absolute atomic E-state index is 0.315. The van der Waals surface area contributed by atoms with Crippen LogP contribution in [0.3, 0.4) is 0 Å². The van der Waals surface area contributed by atoms with Crippen LogP contribution >= 0.6 is 0 Å². The van der Waals surface area contributed by atoms with Crippen molar-refractivity contribution in [2.24, 2.45) is 0 Å². The molecule has 2 N–H and O–H groups in total. The Morgan fingerprint density at radius 3 is 2.61 bits per heavy atom. The van der Waals surface area contributed by atoms with E-state index in [1.807, 2.05) is 4.90 Å². The third-order valence-corrected chi connectivity index (χ3v) is 4.53. The average molecular weight is 388 g/mol. The van der Waals surface area contributed by atoms with E-state index in [0.29, 0.717) is 48.7 Å². The summed E-state index contributed by atoms with van der Waals surface area (Å²) in [4.78, 5) is 13.9. The summed E-state index contributed by atoms with van der Waals surface area (Å²) >= 11 is 0. The van der Waals surface area contributed by atoms with Gasteiger partial charge in [0.1, 0.15) is 11.6 Å². The number of carbonyl (C=O) groups excluding carboxylic acids is 1. The van der Waals surface area contributed by atoms with Gasteiger partial charge < -0.3 is 20.1 Å². The summed E-state index contributed by atoms with van der Waals surface area (Å²) < 4.78 is 32.7. The second-order valence-corrected chi connectivity index (χ2v) is 6.56. The number of aliphatic hydroxyl groups excluding tert-OH is 1. The molecule has 2 aromatic carbocycles. The number of carbonyl (C=O) groups is 1. The first-order chi connectivity index (χ1) is 13.4. The molecule has 2 aromatic rings. The molecule has 1 amide bonds. The zero-order valence-electron chi connectivity index (χ0n) is 15.5. The van der Waals surface area contributed by atoms with Crippen molar-refractivity contribution in [2.75, 3.05) is 31.2 Å². The molecule has 1 atom stereocenters. The Kier molecular flexibility index (Phi) is 6.38. The minimum atomic E-state index is -1.28. The number of nitrogens with zero attached hydrogens (tertiary/aromatic N) is 1. The highest BCUT2D eigenvalue weighted by Crippen LogP contribution is 2.24. The fraction of sp³-hybridized carbons (Fsp3) is 0.286. The summed E-state index contributed by atoms with van der Waals surface area (Å²) in [5.74, 6) is -1.23. The lowest BCUT2D eigenvalue weighted by Crippen LogP contribution is -2.37. The van der Waals surface area contributed by atoms with E-state index in [2.05, 4.69) is 5.32 Å². The maximum Gasteiger partial charge on any atom is 0.246 e. The van der Waals surface area contributed by atoms with Gasteiger partial charge in [-0.25, -0.2) is 8.78 Å². The molecule has 1 aliphatic heterocycles. The van der Waals surface area contributed by atoms with Crippen LogP contribution in [-0.2, 0) is 9.53 Å². The number of halogens is 2. The van der Waals surface area contributed by atoms with Crippen LogP contribution in [0.2, 0.25) is 0 Å². The van der Waals surface area contributed by atoms with E-state index in [9.17, 15) is 18.7 Å². The Morgan fingerprint density at radius 2 is 1.89 bits per heavy atom. The maximum atomic E-state index is 14.2. The molecule has 3 rings (SSSR count). The SMILES string of the molecule is Cc1cc(/C=C/C(=O)NC(O)c2ccc(F)c(N3CCOCC3)c2)ccc1F. The standard InChI is InChI=1S/C21H22F2N2O3/c1-14-12-15(2-5-17(14)22)3-7-20(26)24-21(27)16-4-6-18(23)19(13-16)25-8-10-28-11-9-25/h2-7,12-13,21,27H,8-11H2,1H3,(H,24,26)/b7-3+. The van der Waals surface area contributed by atoms with E-state index in [-0.39, 0.29) is 5.82 Å². The van der Waals surface area contributed by atoms with Crippen LogP contribution in [0.1, 0.15) is 22.9 Å². The Hall–Kier alpha value is -2.77. The third kappa shape index (κ3) is 4.94. The van der Waals surface area contributed by atoms with Crippen molar-refractivity contribution in [3.8, 4) is 0 Å². The van der Waals surface area contributed by atoms with Gasteiger partial charge in [-0.1, -0.05) is 12.1 Å². The second-order valence-electron chi connectivity index (χ2n) is 6.56. The summed E-state index contributed by atoms with van der Waals surface area (Å²) in [5, 5.41) is 12.7. The summed E-state index contributed by atoms with van der Waals surface area (Å²) in [5.41, 5.74) is 1.89. The molecule has 7 heteroatoms. The molecule has 0 bridgehead atoms. The molecule has 0 radical (unpaired) electrons. The van der Waals surface area contributed by atoms with Crippen LogP contribution in [0.4, 0.5) is 14.5 Å². The van der Waals surface area contributed by atoms with Crippen LogP contribution in [0.15, 0.2) is 42.5 Å². The topological polar surface area (TPSA) is 61.8 Å². The number of aryl methyl sites for hydroxylation is 1. The lowest BCUT2D eigenvalue weighted by molar-refractivity contribution is -0.119. The lowest BCUT2D eigenvalue weighted by Gasteiger charge is -2.29. The number of nitrogens with one attached hydrogen (secondary N) is 1. The molecule has 148 valence electrons. The van der Waals surface area contributed by atoms with Crippen LogP contribution in [0.25, 0.3) is 6.08 Å². The van der Waals surface area contributed by atoms with Crippen molar-refractivity contribution in [1.82, 2.24) is 5.32 Å². The van der Waals surface area contributed by atoms with E-state index >= 15 is 0 Å². The smallest absolute Gasteiger partial charge is 0.246 e. The third-order valence-electron chi connectivity index (χ3n) is 4.53. The Balaban J connectivity index is 1.66. The van der Waals surface area contributed by atoms with Crippen LogP contribution in [0, 0.1) is 18.6 Å². The predicted octanol–water partition coefficient (Wildman–Crippen LogP) is 2.93. The minimum Gasteiger partial charge on any atom is -0.378 e. The molecule has 1 saturated heterocycles. The number of ether oxygens (including phenoxy) is 1. The van der Waals surface area contributed by atoms with Crippen LogP contribution in [-0.4, -0.2) is 37.3 Å². The van der Waals surface area contributed by atoms with E-state index in [1.54, 1.807) is 19.1 Å². The number of benzene rings is 2. The molecule has 0 spiro atoms. The van der Waals surface area contributed by atoms with Crippen molar-refractivity contribution in [2.45, 2.75) is 13.2 Å². The van der Waals surface area contributed by atoms with Crippen LogP contribution in [0.5, 0.6) is 0 Å². The van der Waals surface area contributed by atoms with Crippen molar-refractivity contribution in [3.05, 3.63) is 70.8 Å². The molecular weight excluding hydrogens is 366 g/mol. The molecule has 5 nitrogen and oxygen atoms in total. The quantitative estimate of drug-likeness (QED) is 0.611. The Morgan fingerprint density at radius 1 is 1.18 bits per heavy atom. The summed E-state index contributed by atoms with van der Waals surface area (Å²) in [6.07, 6.45) is 1.49. The molecule has 1 fully saturated rings. The zero-order valence-corrected chi connectivity index (χ0v) is 15.5. The number of anilines is 1. The average Bonchev–Trinajstić information content (AvgIpc) is 2.70. The number of rotatable bonds is 5. The molecule has 1 heterocycles. The van der Waals surface area contributed by atoms with Crippen molar-refractivity contribution >= 4 is 17.7 Å². The number of hydrogen-bond acceptors (Lipinski definition) is 4. The number of amides is 1. The Bertz CT molecular complexity index is 880. The van der Waals surface area contributed by atoms with Gasteiger partial charge in [0.05, 0.1) is 18.9 Å². The van der Waals surface area contributed by atoms with Crippen molar-refractivity contribution < 1.29 is 23.4 Å². The van der Waals surface area contributed by atoms with Gasteiger partial charge in [-0.05, 0) is 48.4 Å². The van der Waals surface area contributed by atoms with E-state index < -0.39 is 18.0 Å². The van der Waals surface area contributed by atoms with Gasteiger partial charge >= 0.3 is 0 Å². The van der Waals surface area contributed by atoms with Gasteiger partial charge in [-0.3, -0.25) is 4.79 Å². The first-order valence-corrected chi connectivity index (χ1v) is 8.99. The summed E-state index contributed by atoms with van der Waals surface area (Å²) in [6.45, 7) is 3.77. The lowest BCUT2D eigenvalue weighted by atomic mass is 10.1. The fourth-order valence-electron chi connectivity index (χ4n) is 2.96. The molecule has 0 saturated carbocycles. The molecule has 28 heavy (non-hydrogen) atoms. The van der Waals surface area contributed by atoms with Gasteiger partial charge in [0.15, 0.2) is 6.23 Å².